The molecular weight excluding hydrogens is 276 g/mol. The smallest absolute Gasteiger partial charge is 0.233 e. The van der Waals surface area contributed by atoms with E-state index in [0.717, 1.165) is 24.3 Å². The van der Waals surface area contributed by atoms with Crippen LogP contribution in [0.15, 0.2) is 16.7 Å². The number of nitrogens with two attached hydrogens (primary N) is 1. The number of hydrogen-bond donors (Lipinski definition) is 3. The quantitative estimate of drug-likeness (QED) is 0.332. The van der Waals surface area contributed by atoms with Gasteiger partial charge in [-0.15, -0.1) is 11.3 Å². The molecule has 110 valence electrons. The Morgan fingerprint density at radius 2 is 2.25 bits per heavy atom. The predicted molar refractivity (Wildman–Crippen MR) is 77.8 cm³/mol. The molecule has 1 aromatic heterocycles. The van der Waals surface area contributed by atoms with Crippen molar-refractivity contribution in [3.05, 3.63) is 16.6 Å². The van der Waals surface area contributed by atoms with E-state index in [4.69, 9.17) is 10.9 Å². The van der Waals surface area contributed by atoms with Gasteiger partial charge in [0.05, 0.1) is 5.01 Å². The van der Waals surface area contributed by atoms with Gasteiger partial charge < -0.3 is 16.3 Å². The van der Waals surface area contributed by atoms with Crippen LogP contribution in [-0.4, -0.2) is 28.5 Å². The molecule has 6 nitrogen and oxygen atoms in total. The van der Waals surface area contributed by atoms with Crippen molar-refractivity contribution < 1.29 is 10.0 Å². The maximum atomic E-state index is 12.4. The van der Waals surface area contributed by atoms with Crippen molar-refractivity contribution in [1.82, 2.24) is 10.3 Å². The highest BCUT2D eigenvalue weighted by Crippen LogP contribution is 2.36. The third-order valence-corrected chi connectivity index (χ3v) is 4.69. The summed E-state index contributed by atoms with van der Waals surface area (Å²) in [4.78, 5) is 16.6. The molecule has 0 radical (unpaired) electrons. The fraction of sp³-hybridized carbons (Fsp3) is 0.615. The summed E-state index contributed by atoms with van der Waals surface area (Å²) >= 11 is 1.57. The number of rotatable bonds is 5. The number of aromatic nitrogens is 1. The molecule has 0 bridgehead atoms. The van der Waals surface area contributed by atoms with E-state index >= 15 is 0 Å². The Morgan fingerprint density at radius 1 is 1.50 bits per heavy atom. The van der Waals surface area contributed by atoms with E-state index in [2.05, 4.69) is 15.5 Å². The summed E-state index contributed by atoms with van der Waals surface area (Å²) in [6.07, 6.45) is 6.69. The van der Waals surface area contributed by atoms with Gasteiger partial charge in [0.25, 0.3) is 0 Å². The van der Waals surface area contributed by atoms with Crippen molar-refractivity contribution in [3.8, 4) is 0 Å². The van der Waals surface area contributed by atoms with Crippen molar-refractivity contribution in [2.45, 2.75) is 38.5 Å². The molecule has 1 aromatic rings. The maximum absolute atomic E-state index is 12.4. The molecule has 0 aliphatic heterocycles. The van der Waals surface area contributed by atoms with Crippen LogP contribution in [0.3, 0.4) is 0 Å². The Kier molecular flexibility index (Phi) is 4.94. The van der Waals surface area contributed by atoms with Gasteiger partial charge >= 0.3 is 0 Å². The molecule has 4 N–H and O–H groups in total. The van der Waals surface area contributed by atoms with Crippen LogP contribution in [0.25, 0.3) is 0 Å². The number of oxime groups is 1. The molecule has 0 unspecified atom stereocenters. The fourth-order valence-electron chi connectivity index (χ4n) is 2.68. The molecular formula is C13H20N4O2S. The van der Waals surface area contributed by atoms with Gasteiger partial charge in [0, 0.05) is 24.5 Å². The minimum atomic E-state index is -0.837. The Hall–Kier alpha value is -1.63. The zero-order valence-electron chi connectivity index (χ0n) is 11.3. The van der Waals surface area contributed by atoms with Gasteiger partial charge in [-0.3, -0.25) is 4.79 Å². The minimum Gasteiger partial charge on any atom is -0.409 e. The van der Waals surface area contributed by atoms with Crippen LogP contribution in [0.1, 0.15) is 37.1 Å². The summed E-state index contributed by atoms with van der Waals surface area (Å²) < 4.78 is 0. The number of carbonyl (C=O) groups excluding carboxylic acids is 1. The van der Waals surface area contributed by atoms with Crippen LogP contribution in [0.4, 0.5) is 0 Å². The predicted octanol–water partition coefficient (Wildman–Crippen LogP) is 1.50. The first kappa shape index (κ1) is 14.8. The highest BCUT2D eigenvalue weighted by molar-refractivity contribution is 7.09. The van der Waals surface area contributed by atoms with Crippen molar-refractivity contribution in [2.24, 2.45) is 16.3 Å². The SMILES string of the molecule is NC(=NO)C1(C(=O)NCCc2nccs2)CCCCC1. The molecule has 0 atom stereocenters. The third-order valence-electron chi connectivity index (χ3n) is 3.85. The number of nitrogens with zero attached hydrogens (tertiary/aromatic N) is 2. The number of hydrogen-bond acceptors (Lipinski definition) is 5. The highest BCUT2D eigenvalue weighted by Gasteiger charge is 2.43. The summed E-state index contributed by atoms with van der Waals surface area (Å²) in [5.74, 6) is -0.104. The van der Waals surface area contributed by atoms with E-state index in [1.54, 1.807) is 17.5 Å². The molecule has 0 saturated heterocycles. The van der Waals surface area contributed by atoms with E-state index in [1.807, 2.05) is 5.38 Å². The third kappa shape index (κ3) is 3.09. The lowest BCUT2D eigenvalue weighted by Crippen LogP contribution is -2.51. The first-order chi connectivity index (χ1) is 9.69. The van der Waals surface area contributed by atoms with Gasteiger partial charge in [-0.1, -0.05) is 24.4 Å². The number of amidine groups is 1. The van der Waals surface area contributed by atoms with Crippen LogP contribution in [-0.2, 0) is 11.2 Å². The first-order valence-electron chi connectivity index (χ1n) is 6.84. The minimum absolute atomic E-state index is 0.0314. The number of nitrogens with one attached hydrogen (secondary N) is 1. The second-order valence-electron chi connectivity index (χ2n) is 5.06. The zero-order chi connectivity index (χ0) is 14.4. The molecule has 1 aliphatic rings. The van der Waals surface area contributed by atoms with Crippen LogP contribution >= 0.6 is 11.3 Å². The lowest BCUT2D eigenvalue weighted by atomic mass is 9.72. The first-order valence-corrected chi connectivity index (χ1v) is 7.72. The highest BCUT2D eigenvalue weighted by atomic mass is 32.1. The second kappa shape index (κ2) is 6.69. The summed E-state index contributed by atoms with van der Waals surface area (Å²) in [5, 5.41) is 17.8. The summed E-state index contributed by atoms with van der Waals surface area (Å²) in [6.45, 7) is 0.521. The summed E-state index contributed by atoms with van der Waals surface area (Å²) in [6, 6.07) is 0. The number of thiazole rings is 1. The van der Waals surface area contributed by atoms with Gasteiger partial charge in [-0.25, -0.2) is 4.98 Å². The van der Waals surface area contributed by atoms with Crippen LogP contribution in [0.2, 0.25) is 0 Å². The van der Waals surface area contributed by atoms with Gasteiger partial charge in [0.2, 0.25) is 5.91 Å². The molecule has 1 fully saturated rings. The maximum Gasteiger partial charge on any atom is 0.233 e. The van der Waals surface area contributed by atoms with Crippen LogP contribution in [0.5, 0.6) is 0 Å². The Balaban J connectivity index is 1.96. The molecule has 20 heavy (non-hydrogen) atoms. The van der Waals surface area contributed by atoms with Gasteiger partial charge in [-0.05, 0) is 12.8 Å². The van der Waals surface area contributed by atoms with Crippen molar-refractivity contribution >= 4 is 23.1 Å². The second-order valence-corrected chi connectivity index (χ2v) is 6.04. The van der Waals surface area contributed by atoms with Gasteiger partial charge in [0.1, 0.15) is 5.41 Å². The molecule has 0 spiro atoms. The number of carbonyl (C=O) groups is 1. The topological polar surface area (TPSA) is 101 Å². The van der Waals surface area contributed by atoms with Crippen molar-refractivity contribution in [1.29, 1.82) is 0 Å². The van der Waals surface area contributed by atoms with Crippen molar-refractivity contribution in [2.75, 3.05) is 6.54 Å². The number of amides is 1. The van der Waals surface area contributed by atoms with Crippen LogP contribution < -0.4 is 11.1 Å². The average molecular weight is 296 g/mol. The Labute approximate surface area is 122 Å². The lowest BCUT2D eigenvalue weighted by molar-refractivity contribution is -0.129. The normalized spacial score (nSPS) is 18.7. The van der Waals surface area contributed by atoms with E-state index < -0.39 is 5.41 Å². The Bertz CT molecular complexity index is 467. The van der Waals surface area contributed by atoms with E-state index in [1.165, 1.54) is 0 Å². The molecule has 1 aliphatic carbocycles. The molecule has 0 aromatic carbocycles. The molecule has 2 rings (SSSR count). The Morgan fingerprint density at radius 3 is 2.85 bits per heavy atom. The molecule has 1 saturated carbocycles. The molecule has 1 amide bonds. The standard InChI is InChI=1S/C13H20N4O2S/c14-11(17-19)13(5-2-1-3-6-13)12(18)16-7-4-10-15-8-9-20-10/h8-9,19H,1-7H2,(H2,14,17)(H,16,18). The van der Waals surface area contributed by atoms with Gasteiger partial charge in [-0.2, -0.15) is 0 Å². The molecule has 7 heteroatoms. The van der Waals surface area contributed by atoms with Crippen molar-refractivity contribution in [3.63, 3.8) is 0 Å². The summed E-state index contributed by atoms with van der Waals surface area (Å²) in [7, 11) is 0. The molecule has 1 heterocycles. The van der Waals surface area contributed by atoms with Gasteiger partial charge in [0.15, 0.2) is 5.84 Å². The monoisotopic (exact) mass is 296 g/mol. The summed E-state index contributed by atoms with van der Waals surface area (Å²) in [5.41, 5.74) is 4.94. The van der Waals surface area contributed by atoms with E-state index in [0.29, 0.717) is 25.8 Å². The largest absolute Gasteiger partial charge is 0.409 e. The average Bonchev–Trinajstić information content (AvgIpc) is 3.00. The van der Waals surface area contributed by atoms with E-state index in [9.17, 15) is 4.79 Å². The zero-order valence-corrected chi connectivity index (χ0v) is 12.2. The fourth-order valence-corrected chi connectivity index (χ4v) is 3.30. The van der Waals surface area contributed by atoms with Crippen LogP contribution in [0, 0.1) is 5.41 Å². The van der Waals surface area contributed by atoms with E-state index in [-0.39, 0.29) is 11.7 Å². The lowest BCUT2D eigenvalue weighted by Gasteiger charge is -2.34.